The average Bonchev–Trinajstić information content (AvgIpc) is 2.57. The van der Waals surface area contributed by atoms with Gasteiger partial charge in [0.15, 0.2) is 0 Å². The number of hydrogen-bond acceptors (Lipinski definition) is 4. The second kappa shape index (κ2) is 8.39. The fourth-order valence-electron chi connectivity index (χ4n) is 2.33. The van der Waals surface area contributed by atoms with Crippen molar-refractivity contribution in [1.29, 1.82) is 0 Å². The van der Waals surface area contributed by atoms with E-state index in [1.165, 1.54) is 12.4 Å². The molecular weight excluding hydrogens is 316 g/mol. The van der Waals surface area contributed by atoms with Crippen molar-refractivity contribution >= 4 is 17.5 Å². The minimum atomic E-state index is -0.289. The molecule has 0 aliphatic carbocycles. The molecule has 0 atom stereocenters. The van der Waals surface area contributed by atoms with Crippen molar-refractivity contribution in [3.63, 3.8) is 0 Å². The van der Waals surface area contributed by atoms with Gasteiger partial charge in [-0.25, -0.2) is 0 Å². The predicted octanol–water partition coefficient (Wildman–Crippen LogP) is 2.24. The largest absolute Gasteiger partial charge is 0.351 e. The first-order valence-corrected chi connectivity index (χ1v) is 8.13. The molecule has 1 aromatic carbocycles. The summed E-state index contributed by atoms with van der Waals surface area (Å²) in [4.78, 5) is 30.6. The molecule has 0 aliphatic heterocycles. The molecule has 2 N–H and O–H groups in total. The molecule has 0 unspecified atom stereocenters. The van der Waals surface area contributed by atoms with Crippen LogP contribution in [0.5, 0.6) is 0 Å². The molecule has 0 aliphatic rings. The number of rotatable bonds is 6. The van der Waals surface area contributed by atoms with E-state index in [0.29, 0.717) is 17.7 Å². The highest BCUT2D eigenvalue weighted by atomic mass is 16.2. The summed E-state index contributed by atoms with van der Waals surface area (Å²) < 4.78 is 0. The number of carbonyl (C=O) groups excluding carboxylic acids is 2. The fraction of sp³-hybridized carbons (Fsp3) is 0.316. The molecule has 2 rings (SSSR count). The second-order valence-electron chi connectivity index (χ2n) is 6.29. The first kappa shape index (κ1) is 18.6. The Labute approximate surface area is 148 Å². The van der Waals surface area contributed by atoms with Crippen molar-refractivity contribution in [3.05, 3.63) is 58.9 Å². The highest BCUT2D eigenvalue weighted by Crippen LogP contribution is 2.17. The number of hydrogen-bond donors (Lipinski definition) is 2. The first-order valence-electron chi connectivity index (χ1n) is 8.13. The summed E-state index contributed by atoms with van der Waals surface area (Å²) in [6.07, 6.45) is 2.91. The molecule has 2 aromatic rings. The minimum absolute atomic E-state index is 0.240. The molecule has 132 valence electrons. The van der Waals surface area contributed by atoms with Gasteiger partial charge in [0.25, 0.3) is 11.8 Å². The summed E-state index contributed by atoms with van der Waals surface area (Å²) in [5, 5.41) is 5.67. The van der Waals surface area contributed by atoms with E-state index in [-0.39, 0.29) is 11.8 Å². The van der Waals surface area contributed by atoms with Gasteiger partial charge in [-0.2, -0.15) is 0 Å². The molecule has 2 amide bonds. The summed E-state index contributed by atoms with van der Waals surface area (Å²) in [5.41, 5.74) is 3.58. The Hall–Kier alpha value is -2.73. The van der Waals surface area contributed by atoms with Crippen molar-refractivity contribution in [2.45, 2.75) is 13.8 Å². The van der Waals surface area contributed by atoms with Crippen LogP contribution in [0.25, 0.3) is 0 Å². The number of aromatic nitrogens is 1. The molecule has 1 heterocycles. The van der Waals surface area contributed by atoms with Gasteiger partial charge in [-0.1, -0.05) is 17.7 Å². The van der Waals surface area contributed by atoms with Gasteiger partial charge in [0.1, 0.15) is 0 Å². The lowest BCUT2D eigenvalue weighted by Gasteiger charge is -2.11. The van der Waals surface area contributed by atoms with Crippen LogP contribution in [0.2, 0.25) is 0 Å². The Morgan fingerprint density at radius 3 is 2.36 bits per heavy atom. The molecule has 0 saturated heterocycles. The summed E-state index contributed by atoms with van der Waals surface area (Å²) in [6, 6.07) is 7.36. The smallest absolute Gasteiger partial charge is 0.257 e. The molecule has 0 bridgehead atoms. The lowest BCUT2D eigenvalue weighted by Crippen LogP contribution is -2.31. The third-order valence-corrected chi connectivity index (χ3v) is 3.74. The molecule has 1 aromatic heterocycles. The molecule has 0 spiro atoms. The minimum Gasteiger partial charge on any atom is -0.351 e. The number of nitrogens with zero attached hydrogens (tertiary/aromatic N) is 2. The van der Waals surface area contributed by atoms with Crippen molar-refractivity contribution in [1.82, 2.24) is 15.2 Å². The molecule has 6 nitrogen and oxygen atoms in total. The maximum atomic E-state index is 12.4. The normalized spacial score (nSPS) is 10.6. The summed E-state index contributed by atoms with van der Waals surface area (Å²) >= 11 is 0. The van der Waals surface area contributed by atoms with E-state index in [4.69, 9.17) is 0 Å². The van der Waals surface area contributed by atoms with Crippen LogP contribution in [0.4, 0.5) is 5.69 Å². The third-order valence-electron chi connectivity index (χ3n) is 3.74. The third kappa shape index (κ3) is 5.39. The number of nitrogens with one attached hydrogen (secondary N) is 2. The van der Waals surface area contributed by atoms with E-state index < -0.39 is 0 Å². The average molecular weight is 340 g/mol. The first-order chi connectivity index (χ1) is 11.9. The zero-order chi connectivity index (χ0) is 18.4. The van der Waals surface area contributed by atoms with E-state index in [2.05, 4.69) is 15.6 Å². The van der Waals surface area contributed by atoms with Crippen LogP contribution < -0.4 is 10.6 Å². The highest BCUT2D eigenvalue weighted by molar-refractivity contribution is 6.06. The van der Waals surface area contributed by atoms with Crippen LogP contribution in [0.15, 0.2) is 36.7 Å². The highest BCUT2D eigenvalue weighted by Gasteiger charge is 2.12. The topological polar surface area (TPSA) is 74.3 Å². The van der Waals surface area contributed by atoms with Gasteiger partial charge in [-0.05, 0) is 45.6 Å². The van der Waals surface area contributed by atoms with Crippen molar-refractivity contribution < 1.29 is 9.59 Å². The lowest BCUT2D eigenvalue weighted by atomic mass is 10.1. The van der Waals surface area contributed by atoms with Gasteiger partial charge in [0, 0.05) is 31.2 Å². The van der Waals surface area contributed by atoms with Crippen LogP contribution >= 0.6 is 0 Å². The lowest BCUT2D eigenvalue weighted by molar-refractivity contribution is 0.0950. The Kier molecular flexibility index (Phi) is 6.25. The van der Waals surface area contributed by atoms with Crippen molar-refractivity contribution in [2.75, 3.05) is 32.5 Å². The number of aryl methyl sites for hydroxylation is 2. The van der Waals surface area contributed by atoms with Crippen molar-refractivity contribution in [3.8, 4) is 0 Å². The number of anilines is 1. The number of carbonyl (C=O) groups is 2. The van der Waals surface area contributed by atoms with E-state index in [0.717, 1.165) is 23.4 Å². The Balaban J connectivity index is 2.06. The van der Waals surface area contributed by atoms with Gasteiger partial charge >= 0.3 is 0 Å². The van der Waals surface area contributed by atoms with Gasteiger partial charge in [-0.3, -0.25) is 14.6 Å². The van der Waals surface area contributed by atoms with Crippen LogP contribution in [0, 0.1) is 13.8 Å². The van der Waals surface area contributed by atoms with Gasteiger partial charge in [0.2, 0.25) is 0 Å². The maximum absolute atomic E-state index is 12.4. The Bertz CT molecular complexity index is 772. The van der Waals surface area contributed by atoms with E-state index >= 15 is 0 Å². The number of likely N-dealkylation sites (N-methyl/N-ethyl adjacent to an activating group) is 1. The number of amides is 2. The molecule has 0 fully saturated rings. The molecular formula is C19H24N4O2. The van der Waals surface area contributed by atoms with E-state index in [1.807, 2.05) is 51.0 Å². The molecule has 0 saturated carbocycles. The second-order valence-corrected chi connectivity index (χ2v) is 6.29. The van der Waals surface area contributed by atoms with Gasteiger partial charge < -0.3 is 15.5 Å². The number of pyridine rings is 1. The zero-order valence-electron chi connectivity index (χ0n) is 15.1. The standard InChI is InChI=1S/C19H24N4O2/c1-13-5-6-17(14(2)9-13)22-19(25)16-10-15(11-20-12-16)18(24)21-7-8-23(3)4/h5-6,9-12H,7-8H2,1-4H3,(H,21,24)(H,22,25). The summed E-state index contributed by atoms with van der Waals surface area (Å²) in [5.74, 6) is -0.530. The molecule has 6 heteroatoms. The number of benzene rings is 1. The van der Waals surface area contributed by atoms with Crippen LogP contribution in [-0.4, -0.2) is 48.9 Å². The zero-order valence-corrected chi connectivity index (χ0v) is 15.1. The van der Waals surface area contributed by atoms with Crippen molar-refractivity contribution in [2.24, 2.45) is 0 Å². The SMILES string of the molecule is Cc1ccc(NC(=O)c2cncc(C(=O)NCCN(C)C)c2)c(C)c1. The summed E-state index contributed by atoms with van der Waals surface area (Å²) in [6.45, 7) is 5.22. The van der Waals surface area contributed by atoms with Crippen LogP contribution in [0.3, 0.4) is 0 Å². The Morgan fingerprint density at radius 1 is 1.04 bits per heavy atom. The molecule has 25 heavy (non-hydrogen) atoms. The fourth-order valence-corrected chi connectivity index (χ4v) is 2.33. The molecule has 0 radical (unpaired) electrons. The monoisotopic (exact) mass is 340 g/mol. The van der Waals surface area contributed by atoms with Crippen LogP contribution in [0.1, 0.15) is 31.8 Å². The Morgan fingerprint density at radius 2 is 1.72 bits per heavy atom. The van der Waals surface area contributed by atoms with Crippen LogP contribution in [-0.2, 0) is 0 Å². The van der Waals surface area contributed by atoms with E-state index in [9.17, 15) is 9.59 Å². The van der Waals surface area contributed by atoms with E-state index in [1.54, 1.807) is 6.07 Å². The quantitative estimate of drug-likeness (QED) is 0.846. The predicted molar refractivity (Wildman–Crippen MR) is 99.0 cm³/mol. The van der Waals surface area contributed by atoms with Gasteiger partial charge in [0.05, 0.1) is 11.1 Å². The van der Waals surface area contributed by atoms with Gasteiger partial charge in [-0.15, -0.1) is 0 Å². The maximum Gasteiger partial charge on any atom is 0.257 e. The summed E-state index contributed by atoms with van der Waals surface area (Å²) in [7, 11) is 3.87.